The molecule has 5 rings (SSSR count). The Labute approximate surface area is 193 Å². The average molecular weight is 465 g/mol. The highest BCUT2D eigenvalue weighted by Crippen LogP contribution is 2.35. The molecule has 32 heavy (non-hydrogen) atoms. The number of thioether (sulfide) groups is 1. The number of hydrazone groups is 1. The number of thiophene rings is 1. The summed E-state index contributed by atoms with van der Waals surface area (Å²) in [6.07, 6.45) is 5.71. The molecule has 1 aliphatic rings. The van der Waals surface area contributed by atoms with Crippen LogP contribution in [0.3, 0.4) is 0 Å². The van der Waals surface area contributed by atoms with Crippen molar-refractivity contribution >= 4 is 34.7 Å². The highest BCUT2D eigenvalue weighted by molar-refractivity contribution is 7.99. The van der Waals surface area contributed by atoms with Gasteiger partial charge in [0.05, 0.1) is 22.6 Å². The second kappa shape index (κ2) is 9.09. The molecule has 0 N–H and O–H groups in total. The molecule has 5 heterocycles. The minimum Gasteiger partial charge on any atom is -0.467 e. The van der Waals surface area contributed by atoms with Gasteiger partial charge in [0.15, 0.2) is 11.0 Å². The quantitative estimate of drug-likeness (QED) is 0.375. The Balaban J connectivity index is 1.35. The summed E-state index contributed by atoms with van der Waals surface area (Å²) in [5, 5.41) is 17.6. The van der Waals surface area contributed by atoms with Crippen LogP contribution in [0.1, 0.15) is 30.0 Å². The molecule has 0 saturated carbocycles. The van der Waals surface area contributed by atoms with Crippen LogP contribution in [0.2, 0.25) is 0 Å². The monoisotopic (exact) mass is 464 g/mol. The van der Waals surface area contributed by atoms with Gasteiger partial charge in [0, 0.05) is 30.9 Å². The van der Waals surface area contributed by atoms with Crippen LogP contribution in [0, 0.1) is 0 Å². The molecule has 162 valence electrons. The first-order chi connectivity index (χ1) is 15.7. The molecule has 0 spiro atoms. The third-order valence-electron chi connectivity index (χ3n) is 5.14. The van der Waals surface area contributed by atoms with Crippen molar-refractivity contribution in [1.29, 1.82) is 0 Å². The van der Waals surface area contributed by atoms with E-state index in [2.05, 4.69) is 20.3 Å². The summed E-state index contributed by atoms with van der Waals surface area (Å²) in [5.74, 6) is 1.60. The SMILES string of the molecule is CCn1c(SCC(=O)N2N=C(c3cccs3)C[C@@H]2c2ccco2)nnc1-c1ccncc1. The lowest BCUT2D eigenvalue weighted by Gasteiger charge is -2.19. The third-order valence-corrected chi connectivity index (χ3v) is 7.01. The van der Waals surface area contributed by atoms with Crippen molar-refractivity contribution in [2.24, 2.45) is 5.10 Å². The van der Waals surface area contributed by atoms with Crippen molar-refractivity contribution < 1.29 is 9.21 Å². The van der Waals surface area contributed by atoms with E-state index >= 15 is 0 Å². The van der Waals surface area contributed by atoms with E-state index < -0.39 is 0 Å². The molecule has 1 atom stereocenters. The minimum absolute atomic E-state index is 0.0981. The smallest absolute Gasteiger partial charge is 0.253 e. The van der Waals surface area contributed by atoms with Gasteiger partial charge in [-0.05, 0) is 42.6 Å². The van der Waals surface area contributed by atoms with E-state index in [9.17, 15) is 4.79 Å². The van der Waals surface area contributed by atoms with Crippen molar-refractivity contribution in [1.82, 2.24) is 24.8 Å². The normalized spacial score (nSPS) is 15.8. The number of hydrogen-bond acceptors (Lipinski definition) is 8. The van der Waals surface area contributed by atoms with E-state index in [0.717, 1.165) is 27.7 Å². The molecule has 4 aromatic heterocycles. The molecule has 10 heteroatoms. The second-order valence-corrected chi connectivity index (χ2v) is 8.96. The fraction of sp³-hybridized carbons (Fsp3) is 0.227. The number of pyridine rings is 1. The second-order valence-electron chi connectivity index (χ2n) is 7.07. The van der Waals surface area contributed by atoms with Gasteiger partial charge < -0.3 is 8.98 Å². The molecule has 0 unspecified atom stereocenters. The first-order valence-electron chi connectivity index (χ1n) is 10.2. The maximum Gasteiger partial charge on any atom is 0.253 e. The van der Waals surface area contributed by atoms with Crippen LogP contribution in [0.15, 0.2) is 75.1 Å². The van der Waals surface area contributed by atoms with Crippen LogP contribution in [0.4, 0.5) is 0 Å². The van der Waals surface area contributed by atoms with Crippen LogP contribution < -0.4 is 0 Å². The summed E-state index contributed by atoms with van der Waals surface area (Å²) in [5.41, 5.74) is 1.84. The Kier molecular flexibility index (Phi) is 5.87. The Hall–Kier alpha value is -3.24. The van der Waals surface area contributed by atoms with E-state index in [1.807, 2.05) is 53.3 Å². The van der Waals surface area contributed by atoms with Gasteiger partial charge in [0.1, 0.15) is 11.8 Å². The van der Waals surface area contributed by atoms with E-state index in [-0.39, 0.29) is 17.7 Å². The number of carbonyl (C=O) groups excluding carboxylic acids is 1. The molecule has 8 nitrogen and oxygen atoms in total. The number of nitrogens with zero attached hydrogens (tertiary/aromatic N) is 6. The van der Waals surface area contributed by atoms with E-state index in [0.29, 0.717) is 18.1 Å². The first-order valence-corrected chi connectivity index (χ1v) is 12.0. The molecule has 0 saturated heterocycles. The van der Waals surface area contributed by atoms with Crippen LogP contribution in [0.25, 0.3) is 11.4 Å². The minimum atomic E-state index is -0.244. The predicted octanol–water partition coefficient (Wildman–Crippen LogP) is 4.48. The zero-order valence-corrected chi connectivity index (χ0v) is 18.9. The Morgan fingerprint density at radius 1 is 1.22 bits per heavy atom. The molecule has 1 aliphatic heterocycles. The maximum absolute atomic E-state index is 13.2. The Morgan fingerprint density at radius 3 is 2.81 bits per heavy atom. The fourth-order valence-electron chi connectivity index (χ4n) is 3.62. The van der Waals surface area contributed by atoms with Gasteiger partial charge in [-0.2, -0.15) is 5.10 Å². The number of furan rings is 1. The molecule has 0 bridgehead atoms. The van der Waals surface area contributed by atoms with Crippen LogP contribution in [-0.4, -0.2) is 42.1 Å². The Morgan fingerprint density at radius 2 is 2.09 bits per heavy atom. The molecule has 0 radical (unpaired) electrons. The van der Waals surface area contributed by atoms with Crippen molar-refractivity contribution in [3.05, 3.63) is 71.1 Å². The van der Waals surface area contributed by atoms with E-state index in [1.54, 1.807) is 35.0 Å². The summed E-state index contributed by atoms with van der Waals surface area (Å²) in [6, 6.07) is 11.3. The van der Waals surface area contributed by atoms with Gasteiger partial charge >= 0.3 is 0 Å². The summed E-state index contributed by atoms with van der Waals surface area (Å²) < 4.78 is 7.61. The molecular weight excluding hydrogens is 444 g/mol. The molecule has 1 amide bonds. The number of aromatic nitrogens is 4. The number of hydrogen-bond donors (Lipinski definition) is 0. The topological polar surface area (TPSA) is 89.4 Å². The standard InChI is InChI=1S/C22H20N6O2S2/c1-2-27-21(15-7-9-23-10-8-15)24-25-22(27)32-14-20(29)28-17(18-5-3-11-30-18)13-16(26-28)19-6-4-12-31-19/h3-12,17H,2,13-14H2,1H3/t17-/m1/s1. The van der Waals surface area contributed by atoms with Crippen LogP contribution >= 0.6 is 23.1 Å². The van der Waals surface area contributed by atoms with Gasteiger partial charge in [0.2, 0.25) is 0 Å². The summed E-state index contributed by atoms with van der Waals surface area (Å²) in [6.45, 7) is 2.73. The summed E-state index contributed by atoms with van der Waals surface area (Å²) >= 11 is 2.98. The zero-order valence-electron chi connectivity index (χ0n) is 17.3. The van der Waals surface area contributed by atoms with E-state index in [4.69, 9.17) is 4.42 Å². The molecule has 0 fully saturated rings. The van der Waals surface area contributed by atoms with Crippen LogP contribution in [-0.2, 0) is 11.3 Å². The molecule has 0 aliphatic carbocycles. The average Bonchev–Trinajstić information content (AvgIpc) is 3.63. The fourth-order valence-corrected chi connectivity index (χ4v) is 5.20. The van der Waals surface area contributed by atoms with Gasteiger partial charge in [-0.3, -0.25) is 9.78 Å². The number of rotatable bonds is 7. The highest BCUT2D eigenvalue weighted by Gasteiger charge is 2.35. The van der Waals surface area contributed by atoms with Crippen molar-refractivity contribution in [3.8, 4) is 11.4 Å². The van der Waals surface area contributed by atoms with Gasteiger partial charge in [-0.1, -0.05) is 17.8 Å². The summed E-state index contributed by atoms with van der Waals surface area (Å²) in [7, 11) is 0. The maximum atomic E-state index is 13.2. The number of amides is 1. The third kappa shape index (κ3) is 3.98. The zero-order chi connectivity index (χ0) is 21.9. The van der Waals surface area contributed by atoms with Gasteiger partial charge in [-0.25, -0.2) is 5.01 Å². The van der Waals surface area contributed by atoms with E-state index in [1.165, 1.54) is 11.8 Å². The lowest BCUT2D eigenvalue weighted by molar-refractivity contribution is -0.130. The molecule has 4 aromatic rings. The highest BCUT2D eigenvalue weighted by atomic mass is 32.2. The predicted molar refractivity (Wildman–Crippen MR) is 123 cm³/mol. The van der Waals surface area contributed by atoms with Crippen molar-refractivity contribution in [3.63, 3.8) is 0 Å². The van der Waals surface area contributed by atoms with Crippen LogP contribution in [0.5, 0.6) is 0 Å². The lowest BCUT2D eigenvalue weighted by Crippen LogP contribution is -2.28. The number of carbonyl (C=O) groups is 1. The molecular formula is C22H20N6O2S2. The first kappa shape index (κ1) is 20.7. The van der Waals surface area contributed by atoms with Crippen molar-refractivity contribution in [2.45, 2.75) is 31.1 Å². The van der Waals surface area contributed by atoms with Gasteiger partial charge in [-0.15, -0.1) is 21.5 Å². The van der Waals surface area contributed by atoms with Gasteiger partial charge in [0.25, 0.3) is 5.91 Å². The van der Waals surface area contributed by atoms with Crippen molar-refractivity contribution in [2.75, 3.05) is 5.75 Å². The lowest BCUT2D eigenvalue weighted by atomic mass is 10.1. The summed E-state index contributed by atoms with van der Waals surface area (Å²) in [4.78, 5) is 18.3. The molecule has 0 aromatic carbocycles. The largest absolute Gasteiger partial charge is 0.467 e. The Bertz CT molecular complexity index is 1220.